The van der Waals surface area contributed by atoms with Gasteiger partial charge in [0.1, 0.15) is 5.82 Å². The van der Waals surface area contributed by atoms with E-state index in [1.54, 1.807) is 25.1 Å². The molecule has 2 aromatic carbocycles. The monoisotopic (exact) mass is 310 g/mol. The van der Waals surface area contributed by atoms with Crippen molar-refractivity contribution in [3.63, 3.8) is 0 Å². The zero-order valence-corrected chi connectivity index (χ0v) is 11.7. The van der Waals surface area contributed by atoms with Gasteiger partial charge in [-0.15, -0.1) is 0 Å². The van der Waals surface area contributed by atoms with Crippen LogP contribution in [0.2, 0.25) is 0 Å². The summed E-state index contributed by atoms with van der Waals surface area (Å²) in [4.78, 5) is 9.37. The first-order valence-corrected chi connectivity index (χ1v) is 7.32. The minimum atomic E-state index is -4.19. The molecule has 0 saturated heterocycles. The van der Waals surface area contributed by atoms with Crippen molar-refractivity contribution in [3.8, 4) is 0 Å². The molecule has 6 nitrogen and oxygen atoms in total. The van der Waals surface area contributed by atoms with Gasteiger partial charge >= 0.3 is 0 Å². The van der Waals surface area contributed by atoms with Gasteiger partial charge in [0, 0.05) is 0 Å². The molecule has 0 heterocycles. The van der Waals surface area contributed by atoms with Gasteiger partial charge in [-0.1, -0.05) is 18.2 Å². The van der Waals surface area contributed by atoms with E-state index in [1.807, 2.05) is 0 Å². The zero-order chi connectivity index (χ0) is 15.6. The lowest BCUT2D eigenvalue weighted by atomic mass is 10.2. The predicted octanol–water partition coefficient (Wildman–Crippen LogP) is 2.84. The Balaban J connectivity index is 2.50. The fourth-order valence-electron chi connectivity index (χ4n) is 1.75. The number of nitro groups is 1. The van der Waals surface area contributed by atoms with E-state index in [0.717, 1.165) is 12.1 Å². The predicted molar refractivity (Wildman–Crippen MR) is 75.0 cm³/mol. The average Bonchev–Trinajstić information content (AvgIpc) is 2.40. The molecule has 21 heavy (non-hydrogen) atoms. The van der Waals surface area contributed by atoms with Crippen LogP contribution in [0.4, 0.5) is 15.8 Å². The van der Waals surface area contributed by atoms with Crippen molar-refractivity contribution in [1.29, 1.82) is 0 Å². The summed E-state index contributed by atoms with van der Waals surface area (Å²) in [6.45, 7) is 1.69. The second kappa shape index (κ2) is 5.49. The van der Waals surface area contributed by atoms with Crippen molar-refractivity contribution in [1.82, 2.24) is 0 Å². The molecular weight excluding hydrogens is 299 g/mol. The van der Waals surface area contributed by atoms with Gasteiger partial charge in [-0.05, 0) is 30.7 Å². The fraction of sp³-hybridized carbons (Fsp3) is 0.0769. The summed E-state index contributed by atoms with van der Waals surface area (Å²) in [6, 6.07) is 8.89. The van der Waals surface area contributed by atoms with Crippen LogP contribution in [0.1, 0.15) is 5.56 Å². The minimum Gasteiger partial charge on any atom is -0.279 e. The maximum absolute atomic E-state index is 13.1. The van der Waals surface area contributed by atoms with Crippen molar-refractivity contribution in [3.05, 3.63) is 64.0 Å². The summed E-state index contributed by atoms with van der Waals surface area (Å²) < 4.78 is 39.8. The molecular formula is C13H11FN2O4S. The Kier molecular flexibility index (Phi) is 3.90. The number of hydrogen-bond donors (Lipinski definition) is 1. The van der Waals surface area contributed by atoms with Gasteiger partial charge in [0.2, 0.25) is 0 Å². The molecule has 8 heteroatoms. The van der Waals surface area contributed by atoms with Gasteiger partial charge < -0.3 is 0 Å². The standard InChI is InChI=1S/C13H11FN2O4S/c1-9-4-2-3-5-11(9)15-21(19,20)13-7-6-10(14)8-12(13)16(17)18/h2-8,15H,1H3. The molecule has 110 valence electrons. The number of anilines is 1. The van der Waals surface area contributed by atoms with E-state index in [2.05, 4.69) is 4.72 Å². The first kappa shape index (κ1) is 14.9. The lowest BCUT2D eigenvalue weighted by molar-refractivity contribution is -0.388. The number of para-hydroxylation sites is 1. The second-order valence-electron chi connectivity index (χ2n) is 4.29. The normalized spacial score (nSPS) is 11.1. The summed E-state index contributed by atoms with van der Waals surface area (Å²) in [5.41, 5.74) is 0.151. The van der Waals surface area contributed by atoms with Crippen molar-refractivity contribution in [2.45, 2.75) is 11.8 Å². The highest BCUT2D eigenvalue weighted by molar-refractivity contribution is 7.92. The Morgan fingerprint density at radius 3 is 2.48 bits per heavy atom. The lowest BCUT2D eigenvalue weighted by Gasteiger charge is -2.10. The molecule has 2 rings (SSSR count). The van der Waals surface area contributed by atoms with Crippen LogP contribution in [-0.2, 0) is 10.0 Å². The number of nitrogens with one attached hydrogen (secondary N) is 1. The molecule has 0 aliphatic heterocycles. The molecule has 0 bridgehead atoms. The summed E-state index contributed by atoms with van der Waals surface area (Å²) >= 11 is 0. The zero-order valence-electron chi connectivity index (χ0n) is 10.9. The molecule has 0 amide bonds. The van der Waals surface area contributed by atoms with Gasteiger partial charge in [-0.25, -0.2) is 12.8 Å². The van der Waals surface area contributed by atoms with Gasteiger partial charge in [-0.3, -0.25) is 14.8 Å². The summed E-state index contributed by atoms with van der Waals surface area (Å²) in [7, 11) is -4.19. The quantitative estimate of drug-likeness (QED) is 0.694. The Bertz CT molecular complexity index is 806. The molecule has 0 aliphatic rings. The molecule has 0 aliphatic carbocycles. The highest BCUT2D eigenvalue weighted by Crippen LogP contribution is 2.27. The number of aryl methyl sites for hydroxylation is 1. The topological polar surface area (TPSA) is 89.3 Å². The first-order valence-electron chi connectivity index (χ1n) is 5.83. The molecule has 0 aromatic heterocycles. The van der Waals surface area contributed by atoms with Gasteiger partial charge in [0.05, 0.1) is 16.7 Å². The van der Waals surface area contributed by atoms with E-state index in [4.69, 9.17) is 0 Å². The molecule has 0 saturated carbocycles. The first-order chi connectivity index (χ1) is 9.81. The van der Waals surface area contributed by atoms with Gasteiger partial charge in [0.25, 0.3) is 15.7 Å². The minimum absolute atomic E-state index is 0.302. The van der Waals surface area contributed by atoms with Crippen LogP contribution in [0, 0.1) is 22.9 Å². The smallest absolute Gasteiger partial charge is 0.279 e. The van der Waals surface area contributed by atoms with Crippen molar-refractivity contribution >= 4 is 21.4 Å². The number of benzene rings is 2. The van der Waals surface area contributed by atoms with Crippen LogP contribution in [0.25, 0.3) is 0 Å². The number of rotatable bonds is 4. The van der Waals surface area contributed by atoms with E-state index < -0.39 is 31.3 Å². The van der Waals surface area contributed by atoms with Crippen molar-refractivity contribution in [2.75, 3.05) is 4.72 Å². The van der Waals surface area contributed by atoms with E-state index in [0.29, 0.717) is 17.3 Å². The largest absolute Gasteiger partial charge is 0.292 e. The van der Waals surface area contributed by atoms with Crippen LogP contribution in [0.5, 0.6) is 0 Å². The van der Waals surface area contributed by atoms with Crippen LogP contribution >= 0.6 is 0 Å². The van der Waals surface area contributed by atoms with Crippen LogP contribution in [0.3, 0.4) is 0 Å². The van der Waals surface area contributed by atoms with Crippen molar-refractivity contribution in [2.24, 2.45) is 0 Å². The van der Waals surface area contributed by atoms with E-state index in [9.17, 15) is 22.9 Å². The Hall–Kier alpha value is -2.48. The molecule has 1 N–H and O–H groups in total. The van der Waals surface area contributed by atoms with Crippen molar-refractivity contribution < 1.29 is 17.7 Å². The molecule has 0 atom stereocenters. The third kappa shape index (κ3) is 3.16. The summed E-state index contributed by atoms with van der Waals surface area (Å²) in [5, 5.41) is 10.9. The average molecular weight is 310 g/mol. The van der Waals surface area contributed by atoms with Gasteiger partial charge in [0.15, 0.2) is 4.90 Å². The maximum atomic E-state index is 13.1. The Labute approximate surface area is 120 Å². The van der Waals surface area contributed by atoms with Gasteiger partial charge in [-0.2, -0.15) is 0 Å². The number of hydrogen-bond acceptors (Lipinski definition) is 4. The summed E-state index contributed by atoms with van der Waals surface area (Å²) in [6.07, 6.45) is 0. The fourth-order valence-corrected chi connectivity index (χ4v) is 3.03. The molecule has 0 radical (unpaired) electrons. The Morgan fingerprint density at radius 1 is 1.19 bits per heavy atom. The molecule has 0 unspecified atom stereocenters. The van der Waals surface area contributed by atoms with Crippen LogP contribution in [0.15, 0.2) is 47.4 Å². The number of sulfonamides is 1. The molecule has 0 fully saturated rings. The number of halogens is 1. The van der Waals surface area contributed by atoms with E-state index in [1.165, 1.54) is 6.07 Å². The molecule has 2 aromatic rings. The summed E-state index contributed by atoms with van der Waals surface area (Å²) in [5.74, 6) is -0.878. The van der Waals surface area contributed by atoms with E-state index in [-0.39, 0.29) is 0 Å². The third-order valence-electron chi connectivity index (χ3n) is 2.80. The van der Waals surface area contributed by atoms with Crippen LogP contribution in [-0.4, -0.2) is 13.3 Å². The second-order valence-corrected chi connectivity index (χ2v) is 5.94. The SMILES string of the molecule is Cc1ccccc1NS(=O)(=O)c1ccc(F)cc1[N+](=O)[O-]. The third-order valence-corrected chi connectivity index (χ3v) is 4.21. The highest BCUT2D eigenvalue weighted by Gasteiger charge is 2.26. The molecule has 0 spiro atoms. The maximum Gasteiger partial charge on any atom is 0.292 e. The number of nitro benzene ring substituents is 1. The Morgan fingerprint density at radius 2 is 1.86 bits per heavy atom. The number of nitrogens with zero attached hydrogens (tertiary/aromatic N) is 1. The van der Waals surface area contributed by atoms with Crippen LogP contribution < -0.4 is 4.72 Å². The highest BCUT2D eigenvalue weighted by atomic mass is 32.2. The lowest BCUT2D eigenvalue weighted by Crippen LogP contribution is -2.15. The van der Waals surface area contributed by atoms with E-state index >= 15 is 0 Å².